The molecular weight excluding hydrogens is 232 g/mol. The lowest BCUT2D eigenvalue weighted by atomic mass is 10.2. The van der Waals surface area contributed by atoms with Gasteiger partial charge in [0.15, 0.2) is 15.6 Å². The Labute approximate surface area is 94.1 Å². The van der Waals surface area contributed by atoms with Gasteiger partial charge in [0.1, 0.15) is 10.9 Å². The first kappa shape index (κ1) is 12.7. The highest BCUT2D eigenvalue weighted by Crippen LogP contribution is 2.20. The van der Waals surface area contributed by atoms with E-state index >= 15 is 0 Å². The van der Waals surface area contributed by atoms with Crippen LogP contribution in [-0.2, 0) is 16.9 Å². The van der Waals surface area contributed by atoms with E-state index in [1.54, 1.807) is 7.05 Å². The molecule has 0 bridgehead atoms. The first-order valence-electron chi connectivity index (χ1n) is 4.58. The average Bonchev–Trinajstić information content (AvgIpc) is 2.56. The van der Waals surface area contributed by atoms with Crippen LogP contribution >= 0.6 is 0 Å². The van der Waals surface area contributed by atoms with Crippen molar-refractivity contribution in [1.82, 2.24) is 9.78 Å². The minimum absolute atomic E-state index is 0.167. The topological polar surface area (TPSA) is 78.3 Å². The summed E-state index contributed by atoms with van der Waals surface area (Å²) in [5.74, 6) is -0.234. The standard InChI is InChI=1S/C9H14N2O4S/c1-6(16(4,13)14)9(12)8-7(15-3)5-10-11(8)2/h5-6H,1-4H3. The van der Waals surface area contributed by atoms with Crippen LogP contribution in [0, 0.1) is 0 Å². The fourth-order valence-corrected chi connectivity index (χ4v) is 1.74. The second-order valence-corrected chi connectivity index (χ2v) is 5.89. The van der Waals surface area contributed by atoms with Crippen LogP contribution in [0.3, 0.4) is 0 Å². The largest absolute Gasteiger partial charge is 0.493 e. The van der Waals surface area contributed by atoms with Gasteiger partial charge in [0.25, 0.3) is 0 Å². The number of carbonyl (C=O) groups is 1. The molecule has 0 aliphatic rings. The summed E-state index contributed by atoms with van der Waals surface area (Å²) in [5.41, 5.74) is 0.167. The maximum absolute atomic E-state index is 11.9. The molecule has 90 valence electrons. The summed E-state index contributed by atoms with van der Waals surface area (Å²) in [4.78, 5) is 11.9. The predicted molar refractivity (Wildman–Crippen MR) is 58.4 cm³/mol. The summed E-state index contributed by atoms with van der Waals surface area (Å²) in [5, 5.41) is 2.75. The number of rotatable bonds is 4. The molecule has 6 nitrogen and oxygen atoms in total. The van der Waals surface area contributed by atoms with Crippen LogP contribution in [0.1, 0.15) is 17.4 Å². The third-order valence-electron chi connectivity index (χ3n) is 2.37. The molecule has 0 saturated heterocycles. The molecule has 1 unspecified atom stereocenters. The van der Waals surface area contributed by atoms with E-state index in [2.05, 4.69) is 5.10 Å². The summed E-state index contributed by atoms with van der Waals surface area (Å²) < 4.78 is 28.8. The SMILES string of the molecule is COc1cnn(C)c1C(=O)C(C)S(C)(=O)=O. The van der Waals surface area contributed by atoms with Gasteiger partial charge in [-0.2, -0.15) is 5.10 Å². The lowest BCUT2D eigenvalue weighted by Gasteiger charge is -2.09. The molecule has 1 heterocycles. The highest BCUT2D eigenvalue weighted by molar-refractivity contribution is 7.92. The first-order valence-corrected chi connectivity index (χ1v) is 6.53. The van der Waals surface area contributed by atoms with Crippen molar-refractivity contribution in [2.45, 2.75) is 12.2 Å². The smallest absolute Gasteiger partial charge is 0.202 e. The Morgan fingerprint density at radius 3 is 2.56 bits per heavy atom. The maximum Gasteiger partial charge on any atom is 0.202 e. The third-order valence-corrected chi connectivity index (χ3v) is 3.87. The normalized spacial score (nSPS) is 13.5. The number of methoxy groups -OCH3 is 1. The van der Waals surface area contributed by atoms with Crippen molar-refractivity contribution < 1.29 is 17.9 Å². The number of carbonyl (C=O) groups excluding carboxylic acids is 1. The molecule has 0 spiro atoms. The van der Waals surface area contributed by atoms with Gasteiger partial charge in [0.05, 0.1) is 13.3 Å². The molecule has 0 N–H and O–H groups in total. The van der Waals surface area contributed by atoms with Crippen LogP contribution in [-0.4, -0.2) is 42.6 Å². The van der Waals surface area contributed by atoms with E-state index in [0.717, 1.165) is 6.26 Å². The van der Waals surface area contributed by atoms with Crippen molar-refractivity contribution in [1.29, 1.82) is 0 Å². The van der Waals surface area contributed by atoms with Gasteiger partial charge in [0.2, 0.25) is 5.78 Å². The number of ketones is 1. The number of aromatic nitrogens is 2. The summed E-state index contributed by atoms with van der Waals surface area (Å²) in [6.07, 6.45) is 2.40. The van der Waals surface area contributed by atoms with Gasteiger partial charge in [0, 0.05) is 13.3 Å². The molecule has 0 fully saturated rings. The van der Waals surface area contributed by atoms with Crippen molar-refractivity contribution >= 4 is 15.6 Å². The molecule has 0 aromatic carbocycles. The molecule has 1 rings (SSSR count). The number of sulfone groups is 1. The Bertz CT molecular complexity index is 504. The molecule has 1 aromatic heterocycles. The van der Waals surface area contributed by atoms with Crippen molar-refractivity contribution in [2.24, 2.45) is 7.05 Å². The van der Waals surface area contributed by atoms with Crippen LogP contribution in [0.25, 0.3) is 0 Å². The fraction of sp³-hybridized carbons (Fsp3) is 0.556. The Morgan fingerprint density at radius 1 is 1.56 bits per heavy atom. The Kier molecular flexibility index (Phi) is 3.37. The van der Waals surface area contributed by atoms with Crippen LogP contribution in [0.15, 0.2) is 6.20 Å². The van der Waals surface area contributed by atoms with Gasteiger partial charge in [-0.3, -0.25) is 9.48 Å². The van der Waals surface area contributed by atoms with Gasteiger partial charge in [-0.15, -0.1) is 0 Å². The van der Waals surface area contributed by atoms with Gasteiger partial charge < -0.3 is 4.74 Å². The van der Waals surface area contributed by atoms with Crippen LogP contribution < -0.4 is 4.74 Å². The number of Topliss-reactive ketones (excluding diaryl/α,β-unsaturated/α-hetero) is 1. The van der Waals surface area contributed by atoms with E-state index in [0.29, 0.717) is 0 Å². The lowest BCUT2D eigenvalue weighted by molar-refractivity contribution is 0.0979. The summed E-state index contributed by atoms with van der Waals surface area (Å²) >= 11 is 0. The monoisotopic (exact) mass is 246 g/mol. The highest BCUT2D eigenvalue weighted by Gasteiger charge is 2.29. The summed E-state index contributed by atoms with van der Waals surface area (Å²) in [6, 6.07) is 0. The average molecular weight is 246 g/mol. The first-order chi connectivity index (χ1) is 7.29. The molecule has 0 saturated carbocycles. The third kappa shape index (κ3) is 2.24. The van der Waals surface area contributed by atoms with Gasteiger partial charge in [-0.25, -0.2) is 8.42 Å². The van der Waals surface area contributed by atoms with Crippen LogP contribution in [0.4, 0.5) is 0 Å². The minimum Gasteiger partial charge on any atom is -0.493 e. The maximum atomic E-state index is 11.9. The number of hydrogen-bond acceptors (Lipinski definition) is 5. The highest BCUT2D eigenvalue weighted by atomic mass is 32.2. The fourth-order valence-electron chi connectivity index (χ4n) is 1.23. The zero-order chi connectivity index (χ0) is 12.5. The molecular formula is C9H14N2O4S. The van der Waals surface area contributed by atoms with Crippen molar-refractivity contribution in [3.63, 3.8) is 0 Å². The van der Waals surface area contributed by atoms with Gasteiger partial charge >= 0.3 is 0 Å². The molecule has 7 heteroatoms. The second-order valence-electron chi connectivity index (χ2n) is 3.52. The summed E-state index contributed by atoms with van der Waals surface area (Å²) in [7, 11) is -0.454. The van der Waals surface area contributed by atoms with Crippen molar-refractivity contribution in [3.8, 4) is 5.75 Å². The molecule has 0 aliphatic carbocycles. The van der Waals surface area contributed by atoms with E-state index in [1.165, 1.54) is 24.9 Å². The lowest BCUT2D eigenvalue weighted by Crippen LogP contribution is -2.28. The number of aryl methyl sites for hydroxylation is 1. The zero-order valence-corrected chi connectivity index (χ0v) is 10.4. The van der Waals surface area contributed by atoms with Crippen LogP contribution in [0.5, 0.6) is 5.75 Å². The Hall–Kier alpha value is -1.37. The zero-order valence-electron chi connectivity index (χ0n) is 9.59. The summed E-state index contributed by atoms with van der Waals surface area (Å²) in [6.45, 7) is 1.35. The van der Waals surface area contributed by atoms with Gasteiger partial charge in [-0.05, 0) is 6.92 Å². The molecule has 1 atom stereocenters. The van der Waals surface area contributed by atoms with Crippen LogP contribution in [0.2, 0.25) is 0 Å². The molecule has 0 radical (unpaired) electrons. The predicted octanol–water partition coefficient (Wildman–Crippen LogP) is 0.0445. The quantitative estimate of drug-likeness (QED) is 0.701. The van der Waals surface area contributed by atoms with Crippen molar-refractivity contribution in [3.05, 3.63) is 11.9 Å². The van der Waals surface area contributed by atoms with E-state index in [9.17, 15) is 13.2 Å². The molecule has 0 amide bonds. The molecule has 1 aromatic rings. The van der Waals surface area contributed by atoms with Gasteiger partial charge in [-0.1, -0.05) is 0 Å². The van der Waals surface area contributed by atoms with E-state index < -0.39 is 20.9 Å². The Morgan fingerprint density at radius 2 is 2.12 bits per heavy atom. The van der Waals surface area contributed by atoms with E-state index in [4.69, 9.17) is 4.74 Å². The van der Waals surface area contributed by atoms with Crippen molar-refractivity contribution in [2.75, 3.05) is 13.4 Å². The Balaban J connectivity index is 3.20. The van der Waals surface area contributed by atoms with E-state index in [-0.39, 0.29) is 11.4 Å². The number of ether oxygens (including phenoxy) is 1. The molecule has 0 aliphatic heterocycles. The number of nitrogens with zero attached hydrogens (tertiary/aromatic N) is 2. The second kappa shape index (κ2) is 4.25. The van der Waals surface area contributed by atoms with E-state index in [1.807, 2.05) is 0 Å². The minimum atomic E-state index is -3.42. The molecule has 16 heavy (non-hydrogen) atoms. The number of hydrogen-bond donors (Lipinski definition) is 0.